The Kier molecular flexibility index (Phi) is 12.1. The second-order valence-electron chi connectivity index (χ2n) is 9.57. The zero-order valence-corrected chi connectivity index (χ0v) is 22.8. The van der Waals surface area contributed by atoms with Crippen LogP contribution >= 0.6 is 12.2 Å². The molecule has 0 spiro atoms. The van der Waals surface area contributed by atoms with Gasteiger partial charge < -0.3 is 0 Å². The Bertz CT molecular complexity index is 411. The molecule has 28 heavy (non-hydrogen) atoms. The SMILES string of the molecule is CCC[CH2][Sn]([CH2]CCC)([CH2]CCC)[C@H](OC(=S)N1CCCC1)C1CCCCC1. The summed E-state index contributed by atoms with van der Waals surface area (Å²) in [5.41, 5.74) is 0. The molecular formula is C24H47NOSSn. The van der Waals surface area contributed by atoms with Gasteiger partial charge in [-0.15, -0.1) is 0 Å². The first-order chi connectivity index (χ1) is 13.7. The van der Waals surface area contributed by atoms with Crippen molar-refractivity contribution in [1.82, 2.24) is 4.90 Å². The van der Waals surface area contributed by atoms with Gasteiger partial charge in [0.15, 0.2) is 0 Å². The molecule has 0 bridgehead atoms. The van der Waals surface area contributed by atoms with Crippen molar-refractivity contribution in [2.45, 2.75) is 122 Å². The van der Waals surface area contributed by atoms with Gasteiger partial charge in [-0.25, -0.2) is 0 Å². The zero-order valence-electron chi connectivity index (χ0n) is 19.1. The second-order valence-corrected chi connectivity index (χ2v) is 23.6. The van der Waals surface area contributed by atoms with Crippen LogP contribution in [-0.4, -0.2) is 45.7 Å². The van der Waals surface area contributed by atoms with Crippen LogP contribution in [0.25, 0.3) is 0 Å². The number of thiocarbonyl (C=S) groups is 1. The topological polar surface area (TPSA) is 12.5 Å². The van der Waals surface area contributed by atoms with Crippen LogP contribution in [0.3, 0.4) is 0 Å². The van der Waals surface area contributed by atoms with Gasteiger partial charge in [0.1, 0.15) is 0 Å². The first kappa shape index (κ1) is 24.8. The number of nitrogens with zero attached hydrogens (tertiary/aromatic N) is 1. The van der Waals surface area contributed by atoms with E-state index in [0.29, 0.717) is 4.12 Å². The Balaban J connectivity index is 2.27. The van der Waals surface area contributed by atoms with E-state index in [4.69, 9.17) is 17.0 Å². The van der Waals surface area contributed by atoms with Crippen molar-refractivity contribution in [3.05, 3.63) is 0 Å². The maximum atomic E-state index is 6.98. The van der Waals surface area contributed by atoms with Crippen molar-refractivity contribution in [3.8, 4) is 0 Å². The first-order valence-electron chi connectivity index (χ1n) is 12.6. The summed E-state index contributed by atoms with van der Waals surface area (Å²) in [6.45, 7) is 9.38. The van der Waals surface area contributed by atoms with Gasteiger partial charge in [0, 0.05) is 0 Å². The Hall–Kier alpha value is 0.489. The number of ether oxygens (including phenoxy) is 1. The second kappa shape index (κ2) is 13.7. The fourth-order valence-corrected chi connectivity index (χ4v) is 24.6. The molecule has 1 aliphatic heterocycles. The van der Waals surface area contributed by atoms with Crippen molar-refractivity contribution in [2.24, 2.45) is 5.92 Å². The Morgan fingerprint density at radius 2 is 1.36 bits per heavy atom. The van der Waals surface area contributed by atoms with Gasteiger partial charge in [-0.1, -0.05) is 0 Å². The fraction of sp³-hybridized carbons (Fsp3) is 0.958. The van der Waals surface area contributed by atoms with E-state index >= 15 is 0 Å². The number of rotatable bonds is 12. The number of unbranched alkanes of at least 4 members (excludes halogenated alkanes) is 3. The molecular weight excluding hydrogens is 469 g/mol. The van der Waals surface area contributed by atoms with Gasteiger partial charge >= 0.3 is 186 Å². The van der Waals surface area contributed by atoms with Gasteiger partial charge in [0.2, 0.25) is 0 Å². The first-order valence-corrected chi connectivity index (χ1v) is 20.7. The van der Waals surface area contributed by atoms with E-state index in [1.54, 1.807) is 0 Å². The third kappa shape index (κ3) is 7.32. The summed E-state index contributed by atoms with van der Waals surface area (Å²) in [6.07, 6.45) is 17.9. The molecule has 2 rings (SSSR count). The molecule has 0 amide bonds. The van der Waals surface area contributed by atoms with Crippen molar-refractivity contribution >= 4 is 35.8 Å². The quantitative estimate of drug-likeness (QED) is 0.195. The normalized spacial score (nSPS) is 19.8. The molecule has 0 aromatic carbocycles. The van der Waals surface area contributed by atoms with Crippen LogP contribution in [0, 0.1) is 5.92 Å². The van der Waals surface area contributed by atoms with Crippen LogP contribution in [0.4, 0.5) is 0 Å². The van der Waals surface area contributed by atoms with Crippen molar-refractivity contribution in [3.63, 3.8) is 0 Å². The molecule has 0 aromatic heterocycles. The summed E-state index contributed by atoms with van der Waals surface area (Å²) in [6, 6.07) is 0. The molecule has 2 aliphatic rings. The third-order valence-corrected chi connectivity index (χ3v) is 24.4. The summed E-state index contributed by atoms with van der Waals surface area (Å²) in [5.74, 6) is 0.802. The average Bonchev–Trinajstić information content (AvgIpc) is 3.27. The van der Waals surface area contributed by atoms with Gasteiger partial charge in [-0.05, 0) is 0 Å². The molecule has 2 nitrogen and oxygen atoms in total. The van der Waals surface area contributed by atoms with E-state index in [9.17, 15) is 0 Å². The predicted octanol–water partition coefficient (Wildman–Crippen LogP) is 7.72. The molecule has 0 N–H and O–H groups in total. The minimum absolute atomic E-state index is 0.548. The number of hydrogen-bond donors (Lipinski definition) is 0. The minimum atomic E-state index is -2.47. The number of hydrogen-bond acceptors (Lipinski definition) is 2. The monoisotopic (exact) mass is 517 g/mol. The van der Waals surface area contributed by atoms with Gasteiger partial charge in [-0.3, -0.25) is 0 Å². The molecule has 4 heteroatoms. The average molecular weight is 516 g/mol. The molecule has 0 radical (unpaired) electrons. The van der Waals surface area contributed by atoms with E-state index in [2.05, 4.69) is 25.7 Å². The van der Waals surface area contributed by atoms with Crippen LogP contribution in [-0.2, 0) is 4.74 Å². The van der Waals surface area contributed by atoms with Crippen LogP contribution in [0.1, 0.15) is 104 Å². The van der Waals surface area contributed by atoms with Crippen LogP contribution in [0.15, 0.2) is 0 Å². The molecule has 2 fully saturated rings. The third-order valence-electron chi connectivity index (χ3n) is 7.36. The molecule has 0 unspecified atom stereocenters. The molecule has 1 saturated heterocycles. The molecule has 0 aromatic rings. The predicted molar refractivity (Wildman–Crippen MR) is 130 cm³/mol. The standard InChI is InChI=1S/C12H20NOS.3C4H9.Sn/c15-12(13-8-4-5-9-13)14-10-11-6-2-1-3-7-11;3*1-3-4-2;/h10-11H,1-9H2;3*1,3-4H2,2H3;. The summed E-state index contributed by atoms with van der Waals surface area (Å²) >= 11 is 3.43. The summed E-state index contributed by atoms with van der Waals surface area (Å²) in [4.78, 5) is 2.38. The van der Waals surface area contributed by atoms with Crippen LogP contribution in [0.5, 0.6) is 0 Å². The number of likely N-dealkylation sites (tertiary alicyclic amines) is 1. The summed E-state index contributed by atoms with van der Waals surface area (Å²) in [5, 5.41) is 0.874. The molecule has 164 valence electrons. The maximum absolute atomic E-state index is 6.98. The van der Waals surface area contributed by atoms with Gasteiger partial charge in [0.25, 0.3) is 0 Å². The van der Waals surface area contributed by atoms with Gasteiger partial charge in [0.05, 0.1) is 0 Å². The van der Waals surface area contributed by atoms with Crippen molar-refractivity contribution < 1.29 is 4.74 Å². The van der Waals surface area contributed by atoms with Crippen LogP contribution < -0.4 is 0 Å². The fourth-order valence-electron chi connectivity index (χ4n) is 5.63. The van der Waals surface area contributed by atoms with E-state index in [1.165, 1.54) is 96.8 Å². The van der Waals surface area contributed by atoms with E-state index in [-0.39, 0.29) is 0 Å². The Morgan fingerprint density at radius 1 is 0.857 bits per heavy atom. The van der Waals surface area contributed by atoms with E-state index < -0.39 is 18.4 Å². The summed E-state index contributed by atoms with van der Waals surface area (Å²) < 4.78 is 12.1. The van der Waals surface area contributed by atoms with E-state index in [1.807, 2.05) is 0 Å². The van der Waals surface area contributed by atoms with Crippen molar-refractivity contribution in [1.29, 1.82) is 0 Å². The Morgan fingerprint density at radius 3 is 1.82 bits per heavy atom. The molecule has 1 aliphatic carbocycles. The molecule has 1 heterocycles. The van der Waals surface area contributed by atoms with Crippen molar-refractivity contribution in [2.75, 3.05) is 13.1 Å². The van der Waals surface area contributed by atoms with E-state index in [0.717, 1.165) is 24.2 Å². The molecule has 1 saturated carbocycles. The summed E-state index contributed by atoms with van der Waals surface area (Å²) in [7, 11) is 0. The molecule has 1 atom stereocenters. The Labute approximate surface area is 185 Å². The van der Waals surface area contributed by atoms with Crippen LogP contribution in [0.2, 0.25) is 13.3 Å². The van der Waals surface area contributed by atoms with Gasteiger partial charge in [-0.2, -0.15) is 0 Å². The zero-order chi connectivity index (χ0) is 20.2.